The van der Waals surface area contributed by atoms with Gasteiger partial charge in [-0.25, -0.2) is 13.2 Å². The Balaban J connectivity index is 1.81. The van der Waals surface area contributed by atoms with Crippen LogP contribution in [0.5, 0.6) is 0 Å². The summed E-state index contributed by atoms with van der Waals surface area (Å²) in [5.74, 6) is -3.56. The van der Waals surface area contributed by atoms with Crippen LogP contribution < -0.4 is 5.32 Å². The molecule has 1 aliphatic rings. The highest BCUT2D eigenvalue weighted by atomic mass is 32.1. The summed E-state index contributed by atoms with van der Waals surface area (Å²) in [5, 5.41) is 2.82. The lowest BCUT2D eigenvalue weighted by Crippen LogP contribution is -2.30. The van der Waals surface area contributed by atoms with Gasteiger partial charge in [0.1, 0.15) is 5.82 Å². The van der Waals surface area contributed by atoms with E-state index in [9.17, 15) is 18.0 Å². The van der Waals surface area contributed by atoms with Crippen LogP contribution >= 0.6 is 12.2 Å². The molecule has 1 amide bonds. The maximum absolute atomic E-state index is 14.1. The second kappa shape index (κ2) is 7.26. The molecule has 0 fully saturated rings. The Morgan fingerprint density at radius 1 is 1.35 bits per heavy atom. The van der Waals surface area contributed by atoms with Gasteiger partial charge in [0.15, 0.2) is 16.4 Å². The van der Waals surface area contributed by atoms with Crippen molar-refractivity contribution in [2.75, 3.05) is 0 Å². The number of aromatic nitrogens is 2. The molecule has 4 nitrogen and oxygen atoms in total. The number of nitrogens with one attached hydrogen (secondary N) is 2. The highest BCUT2D eigenvalue weighted by Crippen LogP contribution is 2.35. The van der Waals surface area contributed by atoms with E-state index in [1.165, 1.54) is 0 Å². The summed E-state index contributed by atoms with van der Waals surface area (Å²) in [4.78, 5) is 14.9. The van der Waals surface area contributed by atoms with Crippen molar-refractivity contribution in [3.05, 3.63) is 51.3 Å². The van der Waals surface area contributed by atoms with Crippen LogP contribution in [0.25, 0.3) is 0 Å². The lowest BCUT2D eigenvalue weighted by molar-refractivity contribution is -0.121. The molecule has 0 unspecified atom stereocenters. The van der Waals surface area contributed by atoms with E-state index < -0.39 is 23.4 Å². The van der Waals surface area contributed by atoms with Crippen molar-refractivity contribution in [1.29, 1.82) is 0 Å². The van der Waals surface area contributed by atoms with E-state index in [2.05, 4.69) is 10.3 Å². The Labute approximate surface area is 154 Å². The molecule has 1 aromatic heterocycles. The Hall–Kier alpha value is -2.09. The van der Waals surface area contributed by atoms with Gasteiger partial charge in [0.2, 0.25) is 5.91 Å². The molecule has 140 valence electrons. The lowest BCUT2D eigenvalue weighted by atomic mass is 9.95. The van der Waals surface area contributed by atoms with E-state index in [-0.39, 0.29) is 30.5 Å². The molecule has 2 heterocycles. The fraction of sp³-hybridized carbons (Fsp3) is 0.444. The number of carbonyl (C=O) groups excluding carboxylic acids is 1. The number of hydrogen-bond donors (Lipinski definition) is 2. The second-order valence-corrected chi connectivity index (χ2v) is 7.23. The molecule has 0 aliphatic carbocycles. The third-order valence-electron chi connectivity index (χ3n) is 4.56. The molecule has 3 rings (SSSR count). The molecule has 8 heteroatoms. The minimum atomic E-state index is -1.14. The fourth-order valence-corrected chi connectivity index (χ4v) is 3.76. The van der Waals surface area contributed by atoms with Gasteiger partial charge in [-0.2, -0.15) is 0 Å². The zero-order chi connectivity index (χ0) is 19.0. The Kier molecular flexibility index (Phi) is 5.22. The zero-order valence-electron chi connectivity index (χ0n) is 14.5. The number of rotatable bonds is 5. The molecule has 2 N–H and O–H groups in total. The summed E-state index contributed by atoms with van der Waals surface area (Å²) in [6.07, 6.45) is 1.07. The van der Waals surface area contributed by atoms with Gasteiger partial charge in [-0.1, -0.05) is 0 Å². The van der Waals surface area contributed by atoms with E-state index in [1.54, 1.807) is 4.57 Å². The highest BCUT2D eigenvalue weighted by Gasteiger charge is 2.31. The number of aryl methyl sites for hydroxylation is 1. The normalized spacial score (nSPS) is 16.2. The number of benzene rings is 1. The smallest absolute Gasteiger partial charge is 0.220 e. The number of hydrogen-bond acceptors (Lipinski definition) is 2. The lowest BCUT2D eigenvalue weighted by Gasteiger charge is -2.12. The second-order valence-electron chi connectivity index (χ2n) is 6.85. The quantitative estimate of drug-likeness (QED) is 0.610. The van der Waals surface area contributed by atoms with E-state index in [0.717, 1.165) is 23.5 Å². The summed E-state index contributed by atoms with van der Waals surface area (Å²) in [6.45, 7) is 4.04. The number of halogens is 3. The summed E-state index contributed by atoms with van der Waals surface area (Å²) in [5.41, 5.74) is 1.36. The minimum absolute atomic E-state index is 0.0593. The highest BCUT2D eigenvalue weighted by molar-refractivity contribution is 7.71. The Morgan fingerprint density at radius 3 is 2.73 bits per heavy atom. The van der Waals surface area contributed by atoms with Gasteiger partial charge in [-0.15, -0.1) is 0 Å². The van der Waals surface area contributed by atoms with Gasteiger partial charge in [0.05, 0.1) is 0 Å². The van der Waals surface area contributed by atoms with Crippen molar-refractivity contribution in [1.82, 2.24) is 14.9 Å². The minimum Gasteiger partial charge on any atom is -0.354 e. The van der Waals surface area contributed by atoms with Crippen LogP contribution in [-0.2, 0) is 24.2 Å². The molecule has 2 aromatic rings. The molecular weight excluding hydrogens is 363 g/mol. The van der Waals surface area contributed by atoms with Crippen molar-refractivity contribution >= 4 is 18.1 Å². The topological polar surface area (TPSA) is 49.8 Å². The van der Waals surface area contributed by atoms with E-state index in [0.29, 0.717) is 17.6 Å². The molecule has 1 atom stereocenters. The maximum atomic E-state index is 14.1. The first-order chi connectivity index (χ1) is 12.3. The summed E-state index contributed by atoms with van der Waals surface area (Å²) in [7, 11) is 0. The van der Waals surface area contributed by atoms with Gasteiger partial charge in [-0.05, 0) is 51.0 Å². The van der Waals surface area contributed by atoms with E-state index in [1.807, 2.05) is 13.8 Å². The van der Waals surface area contributed by atoms with Gasteiger partial charge in [0, 0.05) is 41.9 Å². The molecule has 0 radical (unpaired) electrons. The summed E-state index contributed by atoms with van der Waals surface area (Å²) < 4.78 is 43.9. The number of amides is 1. The maximum Gasteiger partial charge on any atom is 0.220 e. The molecule has 0 spiro atoms. The average Bonchev–Trinajstić information content (AvgIpc) is 3.10. The van der Waals surface area contributed by atoms with Crippen LogP contribution in [0.2, 0.25) is 0 Å². The van der Waals surface area contributed by atoms with Gasteiger partial charge in [-0.3, -0.25) is 4.79 Å². The molecule has 26 heavy (non-hydrogen) atoms. The number of nitrogens with zero attached hydrogens (tertiary/aromatic N) is 1. The molecule has 0 saturated heterocycles. The summed E-state index contributed by atoms with van der Waals surface area (Å²) >= 11 is 5.29. The van der Waals surface area contributed by atoms with Gasteiger partial charge < -0.3 is 14.9 Å². The van der Waals surface area contributed by atoms with Crippen LogP contribution in [0.15, 0.2) is 12.1 Å². The van der Waals surface area contributed by atoms with Crippen molar-refractivity contribution in [3.8, 4) is 0 Å². The van der Waals surface area contributed by atoms with Gasteiger partial charge >= 0.3 is 0 Å². The average molecular weight is 383 g/mol. The molecule has 1 aliphatic heterocycles. The number of H-pyrrole nitrogens is 1. The van der Waals surface area contributed by atoms with Crippen LogP contribution in [-0.4, -0.2) is 21.5 Å². The first kappa shape index (κ1) is 18.7. The third kappa shape index (κ3) is 3.56. The number of carbonyl (C=O) groups is 1. The number of aromatic amines is 1. The molecule has 0 saturated carbocycles. The van der Waals surface area contributed by atoms with Crippen LogP contribution in [0.3, 0.4) is 0 Å². The van der Waals surface area contributed by atoms with Crippen LogP contribution in [0, 0.1) is 22.2 Å². The van der Waals surface area contributed by atoms with Crippen molar-refractivity contribution in [2.45, 2.75) is 51.6 Å². The van der Waals surface area contributed by atoms with Crippen LogP contribution in [0.4, 0.5) is 13.2 Å². The predicted molar refractivity (Wildman–Crippen MR) is 94.0 cm³/mol. The number of fused-ring (bicyclic) bond motifs is 1. The van der Waals surface area contributed by atoms with Crippen molar-refractivity contribution in [3.63, 3.8) is 0 Å². The summed E-state index contributed by atoms with van der Waals surface area (Å²) in [6, 6.07) is 1.79. The van der Waals surface area contributed by atoms with Gasteiger partial charge in [0.25, 0.3) is 0 Å². The largest absolute Gasteiger partial charge is 0.354 e. The zero-order valence-corrected chi connectivity index (χ0v) is 15.4. The molecule has 1 aromatic carbocycles. The first-order valence-corrected chi connectivity index (χ1v) is 8.92. The number of imidazole rings is 1. The third-order valence-corrected chi connectivity index (χ3v) is 4.88. The predicted octanol–water partition coefficient (Wildman–Crippen LogP) is 3.76. The van der Waals surface area contributed by atoms with Crippen molar-refractivity contribution < 1.29 is 18.0 Å². The molecule has 0 bridgehead atoms. The van der Waals surface area contributed by atoms with E-state index >= 15 is 0 Å². The molecular formula is C18H20F3N3OS. The Bertz CT molecular complexity index is 904. The SMILES string of the molecule is CC(C)NC(=O)CCc1[nH]c(=S)n2c1C[C@H](c1c(F)ccc(F)c1F)C2. The standard InChI is InChI=1S/C18H20F3N3OS/c1-9(2)22-15(25)6-5-13-14-7-10(8-24(14)18(26)23-13)16-11(19)3-4-12(20)17(16)21/h3-4,9-10H,5-8H2,1-2H3,(H,22,25)(H,23,26)/t10-/m0/s1. The van der Waals surface area contributed by atoms with Crippen LogP contribution in [0.1, 0.15) is 43.1 Å². The first-order valence-electron chi connectivity index (χ1n) is 8.51. The Morgan fingerprint density at radius 2 is 2.04 bits per heavy atom. The fourth-order valence-electron chi connectivity index (χ4n) is 3.45. The van der Waals surface area contributed by atoms with Crippen molar-refractivity contribution in [2.24, 2.45) is 0 Å². The monoisotopic (exact) mass is 383 g/mol. The van der Waals surface area contributed by atoms with E-state index in [4.69, 9.17) is 12.2 Å².